The van der Waals surface area contributed by atoms with E-state index in [9.17, 15) is 9.59 Å². The Balaban J connectivity index is 2.48. The highest BCUT2D eigenvalue weighted by Gasteiger charge is 2.31. The van der Waals surface area contributed by atoms with Crippen molar-refractivity contribution in [2.24, 2.45) is 16.6 Å². The largest absolute Gasteiger partial charge is 0.369 e. The number of rotatable bonds is 2. The third kappa shape index (κ3) is 2.06. The monoisotopic (exact) mass is 248 g/mol. The van der Waals surface area contributed by atoms with Gasteiger partial charge in [-0.2, -0.15) is 0 Å². The van der Waals surface area contributed by atoms with Gasteiger partial charge in [-0.1, -0.05) is 0 Å². The van der Waals surface area contributed by atoms with Crippen LogP contribution in [0.25, 0.3) is 5.57 Å². The molecule has 5 heteroatoms. The second kappa shape index (κ2) is 4.25. The van der Waals surface area contributed by atoms with Gasteiger partial charge in [-0.15, -0.1) is 11.3 Å². The van der Waals surface area contributed by atoms with Gasteiger partial charge in [0.1, 0.15) is 5.92 Å². The fraction of sp³-hybridized carbons (Fsp3) is 0.250. The number of amides is 1. The number of aliphatic imine (C=N–C) groups is 1. The molecule has 1 aliphatic heterocycles. The summed E-state index contributed by atoms with van der Waals surface area (Å²) >= 11 is 1.51. The van der Waals surface area contributed by atoms with Crippen molar-refractivity contribution in [3.05, 3.63) is 27.6 Å². The number of Topliss-reactive ketones (excluding diaryl/α,β-unsaturated/α-hetero) is 1. The van der Waals surface area contributed by atoms with Crippen LogP contribution in [0.5, 0.6) is 0 Å². The van der Waals surface area contributed by atoms with Crippen LogP contribution in [0.15, 0.2) is 22.8 Å². The Hall–Kier alpha value is -1.75. The van der Waals surface area contributed by atoms with Crippen LogP contribution in [-0.2, 0) is 9.59 Å². The third-order valence-corrected chi connectivity index (χ3v) is 3.62. The van der Waals surface area contributed by atoms with Crippen molar-refractivity contribution < 1.29 is 9.59 Å². The third-order valence-electron chi connectivity index (χ3n) is 2.60. The highest BCUT2D eigenvalue weighted by atomic mass is 32.1. The molecule has 4 nitrogen and oxygen atoms in total. The van der Waals surface area contributed by atoms with E-state index in [1.807, 2.05) is 19.1 Å². The molecule has 1 amide bonds. The maximum Gasteiger partial charge on any atom is 0.233 e. The second-order valence-corrected chi connectivity index (χ2v) is 5.18. The van der Waals surface area contributed by atoms with Crippen molar-refractivity contribution in [2.75, 3.05) is 0 Å². The van der Waals surface area contributed by atoms with Crippen LogP contribution in [0.4, 0.5) is 0 Å². The number of primary amides is 1. The molecule has 17 heavy (non-hydrogen) atoms. The van der Waals surface area contributed by atoms with Crippen LogP contribution in [0, 0.1) is 12.8 Å². The Morgan fingerprint density at radius 2 is 2.12 bits per heavy atom. The van der Waals surface area contributed by atoms with Crippen LogP contribution in [0.2, 0.25) is 0 Å². The van der Waals surface area contributed by atoms with E-state index in [0.29, 0.717) is 11.3 Å². The van der Waals surface area contributed by atoms with Gasteiger partial charge in [0, 0.05) is 21.7 Å². The van der Waals surface area contributed by atoms with E-state index in [1.54, 1.807) is 6.92 Å². The first-order valence-corrected chi connectivity index (χ1v) is 5.97. The van der Waals surface area contributed by atoms with E-state index in [4.69, 9.17) is 5.73 Å². The van der Waals surface area contributed by atoms with E-state index < -0.39 is 11.8 Å². The fourth-order valence-corrected chi connectivity index (χ4v) is 2.69. The van der Waals surface area contributed by atoms with Gasteiger partial charge in [0.2, 0.25) is 5.91 Å². The number of ketones is 1. The average Bonchev–Trinajstić information content (AvgIpc) is 2.64. The van der Waals surface area contributed by atoms with Crippen molar-refractivity contribution in [3.8, 4) is 0 Å². The smallest absolute Gasteiger partial charge is 0.233 e. The zero-order chi connectivity index (χ0) is 12.6. The first kappa shape index (κ1) is 11.7. The highest BCUT2D eigenvalue weighted by molar-refractivity contribution is 7.13. The molecule has 88 valence electrons. The molecular weight excluding hydrogens is 236 g/mol. The van der Waals surface area contributed by atoms with Gasteiger partial charge in [0.25, 0.3) is 0 Å². The number of nitrogens with two attached hydrogens (primary N) is 1. The van der Waals surface area contributed by atoms with Crippen molar-refractivity contribution in [3.63, 3.8) is 0 Å². The molecule has 0 saturated heterocycles. The minimum absolute atomic E-state index is 0.258. The molecule has 1 atom stereocenters. The molecule has 1 aromatic rings. The molecule has 0 spiro atoms. The number of hydrogen-bond acceptors (Lipinski definition) is 4. The van der Waals surface area contributed by atoms with Gasteiger partial charge < -0.3 is 5.73 Å². The molecule has 0 fully saturated rings. The Morgan fingerprint density at radius 1 is 1.41 bits per heavy atom. The number of carbonyl (C=O) groups is 2. The number of carbonyl (C=O) groups excluding carboxylic acids is 2. The topological polar surface area (TPSA) is 72.5 Å². The maximum atomic E-state index is 12.1. The van der Waals surface area contributed by atoms with E-state index in [0.717, 1.165) is 9.75 Å². The molecular formula is C12H12N2O2S. The number of nitrogens with zero attached hydrogens (tertiary/aromatic N) is 1. The van der Waals surface area contributed by atoms with Crippen molar-refractivity contribution in [1.82, 2.24) is 0 Å². The van der Waals surface area contributed by atoms with E-state index in [1.165, 1.54) is 17.6 Å². The molecule has 0 aliphatic carbocycles. The van der Waals surface area contributed by atoms with E-state index in [2.05, 4.69) is 4.99 Å². The normalized spacial score (nSPS) is 19.9. The van der Waals surface area contributed by atoms with Gasteiger partial charge in [-0.05, 0) is 26.0 Å². The SMILES string of the molecule is CC1=C(c2ccc(C)s2)C(=O)C(C(N)=O)C=N1. The molecule has 1 aromatic heterocycles. The van der Waals surface area contributed by atoms with Crippen LogP contribution < -0.4 is 5.73 Å². The average molecular weight is 248 g/mol. The summed E-state index contributed by atoms with van der Waals surface area (Å²) in [5, 5.41) is 0. The van der Waals surface area contributed by atoms with Gasteiger partial charge in [0.15, 0.2) is 5.78 Å². The summed E-state index contributed by atoms with van der Waals surface area (Å²) in [4.78, 5) is 29.3. The molecule has 2 heterocycles. The zero-order valence-electron chi connectivity index (χ0n) is 9.56. The number of aryl methyl sites for hydroxylation is 1. The Kier molecular flexibility index (Phi) is 2.93. The lowest BCUT2D eigenvalue weighted by atomic mass is 9.93. The van der Waals surface area contributed by atoms with Crippen LogP contribution in [0.3, 0.4) is 0 Å². The van der Waals surface area contributed by atoms with Gasteiger partial charge in [0.05, 0.1) is 5.57 Å². The predicted octanol–water partition coefficient (Wildman–Crippen LogP) is 1.54. The standard InChI is InChI=1S/C12H12N2O2S/c1-6-3-4-9(17-6)10-7(2)14-5-8(11(10)15)12(13)16/h3-5,8H,1-2H3,(H2,13,16). The first-order chi connectivity index (χ1) is 8.00. The van der Waals surface area contributed by atoms with E-state index >= 15 is 0 Å². The molecule has 0 bridgehead atoms. The van der Waals surface area contributed by atoms with Crippen LogP contribution in [-0.4, -0.2) is 17.9 Å². The number of hydrogen-bond donors (Lipinski definition) is 1. The minimum atomic E-state index is -0.934. The summed E-state index contributed by atoms with van der Waals surface area (Å²) in [7, 11) is 0. The van der Waals surface area contributed by atoms with Crippen molar-refractivity contribution in [2.45, 2.75) is 13.8 Å². The summed E-state index contributed by atoms with van der Waals surface area (Å²) in [6.45, 7) is 3.72. The van der Waals surface area contributed by atoms with Crippen molar-refractivity contribution in [1.29, 1.82) is 0 Å². The van der Waals surface area contributed by atoms with Crippen LogP contribution >= 0.6 is 11.3 Å². The summed E-state index contributed by atoms with van der Waals surface area (Å²) in [5.41, 5.74) is 6.32. The maximum absolute atomic E-state index is 12.1. The van der Waals surface area contributed by atoms with Gasteiger partial charge >= 0.3 is 0 Å². The lowest BCUT2D eigenvalue weighted by Gasteiger charge is -2.15. The summed E-state index contributed by atoms with van der Waals surface area (Å²) < 4.78 is 0. The Labute approximate surface area is 103 Å². The van der Waals surface area contributed by atoms with E-state index in [-0.39, 0.29) is 5.78 Å². The zero-order valence-corrected chi connectivity index (χ0v) is 10.4. The number of allylic oxidation sites excluding steroid dienone is 2. The molecule has 2 N–H and O–H groups in total. The predicted molar refractivity (Wildman–Crippen MR) is 67.8 cm³/mol. The minimum Gasteiger partial charge on any atom is -0.369 e. The Bertz CT molecular complexity index is 555. The lowest BCUT2D eigenvalue weighted by molar-refractivity contribution is -0.126. The molecule has 2 rings (SSSR count). The van der Waals surface area contributed by atoms with Gasteiger partial charge in [-0.3, -0.25) is 14.6 Å². The fourth-order valence-electron chi connectivity index (χ4n) is 1.72. The Morgan fingerprint density at radius 3 is 2.65 bits per heavy atom. The van der Waals surface area contributed by atoms with Crippen LogP contribution in [0.1, 0.15) is 16.7 Å². The molecule has 0 radical (unpaired) electrons. The molecule has 1 unspecified atom stereocenters. The second-order valence-electron chi connectivity index (χ2n) is 3.89. The van der Waals surface area contributed by atoms with Gasteiger partial charge in [-0.25, -0.2) is 0 Å². The highest BCUT2D eigenvalue weighted by Crippen LogP contribution is 2.31. The molecule has 0 saturated carbocycles. The lowest BCUT2D eigenvalue weighted by Crippen LogP contribution is -2.33. The first-order valence-electron chi connectivity index (χ1n) is 5.16. The molecule has 1 aliphatic rings. The quantitative estimate of drug-likeness (QED) is 0.806. The summed E-state index contributed by atoms with van der Waals surface area (Å²) in [6.07, 6.45) is 1.32. The summed E-state index contributed by atoms with van der Waals surface area (Å²) in [6, 6.07) is 3.81. The van der Waals surface area contributed by atoms with Crippen molar-refractivity contribution >= 4 is 34.8 Å². The number of thiophene rings is 1. The summed E-state index contributed by atoms with van der Waals surface area (Å²) in [5.74, 6) is -1.85. The molecule has 0 aromatic carbocycles.